The van der Waals surface area contributed by atoms with E-state index >= 15 is 0 Å². The molecule has 0 saturated carbocycles. The first-order valence-corrected chi connectivity index (χ1v) is 7.36. The summed E-state index contributed by atoms with van der Waals surface area (Å²) < 4.78 is 43.1. The van der Waals surface area contributed by atoms with Crippen LogP contribution >= 0.6 is 0 Å². The Bertz CT molecular complexity index is 726. The standard InChI is InChI=1S/C18H18F3NO2/c1-12-8-13(6-7-16(12)24-2)10-17(23)22-11-14-4-3-5-15(9-14)18(19,20)21/h3-9H,10-11H2,1-2H3,(H,22,23). The second-order valence-electron chi connectivity index (χ2n) is 5.46. The molecule has 0 atom stereocenters. The van der Waals surface area contributed by atoms with Gasteiger partial charge in [0.2, 0.25) is 5.91 Å². The number of aryl methyl sites for hydroxylation is 1. The number of amides is 1. The average molecular weight is 337 g/mol. The third-order valence-corrected chi connectivity index (χ3v) is 3.57. The zero-order valence-electron chi connectivity index (χ0n) is 13.4. The van der Waals surface area contributed by atoms with Crippen molar-refractivity contribution in [1.82, 2.24) is 5.32 Å². The molecule has 0 saturated heterocycles. The molecule has 0 aliphatic heterocycles. The third kappa shape index (κ3) is 4.75. The highest BCUT2D eigenvalue weighted by Gasteiger charge is 2.30. The van der Waals surface area contributed by atoms with Crippen molar-refractivity contribution in [1.29, 1.82) is 0 Å². The minimum Gasteiger partial charge on any atom is -0.496 e. The van der Waals surface area contributed by atoms with Crippen LogP contribution in [0.15, 0.2) is 42.5 Å². The Morgan fingerprint density at radius 1 is 1.12 bits per heavy atom. The van der Waals surface area contributed by atoms with E-state index in [-0.39, 0.29) is 18.9 Å². The van der Waals surface area contributed by atoms with Crippen molar-refractivity contribution in [3.63, 3.8) is 0 Å². The quantitative estimate of drug-likeness (QED) is 0.899. The Morgan fingerprint density at radius 2 is 1.88 bits per heavy atom. The lowest BCUT2D eigenvalue weighted by molar-refractivity contribution is -0.137. The maximum atomic E-state index is 12.7. The molecule has 6 heteroatoms. The highest BCUT2D eigenvalue weighted by molar-refractivity contribution is 5.78. The van der Waals surface area contributed by atoms with Crippen LogP contribution in [0.4, 0.5) is 13.2 Å². The maximum Gasteiger partial charge on any atom is 0.416 e. The molecule has 0 fully saturated rings. The van der Waals surface area contributed by atoms with Crippen LogP contribution in [0.1, 0.15) is 22.3 Å². The van der Waals surface area contributed by atoms with E-state index in [4.69, 9.17) is 4.74 Å². The van der Waals surface area contributed by atoms with Gasteiger partial charge in [0.1, 0.15) is 5.75 Å². The normalized spacial score (nSPS) is 11.2. The molecular weight excluding hydrogens is 319 g/mol. The Kier molecular flexibility index (Phi) is 5.49. The van der Waals surface area contributed by atoms with E-state index in [1.165, 1.54) is 6.07 Å². The predicted octanol–water partition coefficient (Wildman–Crippen LogP) is 3.88. The van der Waals surface area contributed by atoms with E-state index in [1.54, 1.807) is 25.3 Å². The summed E-state index contributed by atoms with van der Waals surface area (Å²) in [4.78, 5) is 12.0. The van der Waals surface area contributed by atoms with Gasteiger partial charge in [-0.2, -0.15) is 13.2 Å². The summed E-state index contributed by atoms with van der Waals surface area (Å²) in [5.74, 6) is 0.486. The SMILES string of the molecule is COc1ccc(CC(=O)NCc2cccc(C(F)(F)F)c2)cc1C. The van der Waals surface area contributed by atoms with Gasteiger partial charge in [-0.25, -0.2) is 0 Å². The first-order chi connectivity index (χ1) is 11.3. The number of ether oxygens (including phenoxy) is 1. The largest absolute Gasteiger partial charge is 0.496 e. The monoisotopic (exact) mass is 337 g/mol. The van der Waals surface area contributed by atoms with Gasteiger partial charge in [0, 0.05) is 6.54 Å². The number of halogens is 3. The van der Waals surface area contributed by atoms with Crippen molar-refractivity contribution in [3.05, 3.63) is 64.7 Å². The number of alkyl halides is 3. The van der Waals surface area contributed by atoms with Gasteiger partial charge in [-0.15, -0.1) is 0 Å². The van der Waals surface area contributed by atoms with Gasteiger partial charge in [-0.1, -0.05) is 24.3 Å². The van der Waals surface area contributed by atoms with Crippen LogP contribution in [0.25, 0.3) is 0 Å². The first kappa shape index (κ1) is 17.8. The molecule has 0 radical (unpaired) electrons. The van der Waals surface area contributed by atoms with E-state index in [0.29, 0.717) is 5.56 Å². The van der Waals surface area contributed by atoms with Crippen LogP contribution in [-0.2, 0) is 23.9 Å². The van der Waals surface area contributed by atoms with Gasteiger partial charge in [0.15, 0.2) is 0 Å². The van der Waals surface area contributed by atoms with Gasteiger partial charge >= 0.3 is 6.18 Å². The molecule has 0 heterocycles. The van der Waals surface area contributed by atoms with Crippen LogP contribution in [0, 0.1) is 6.92 Å². The van der Waals surface area contributed by atoms with Crippen molar-refractivity contribution >= 4 is 5.91 Å². The minimum absolute atomic E-state index is 0.0535. The number of benzene rings is 2. The predicted molar refractivity (Wildman–Crippen MR) is 84.7 cm³/mol. The Labute approximate surface area is 138 Å². The zero-order chi connectivity index (χ0) is 17.7. The molecular formula is C18H18F3NO2. The number of nitrogens with one attached hydrogen (secondary N) is 1. The van der Waals surface area contributed by atoms with E-state index in [2.05, 4.69) is 5.32 Å². The third-order valence-electron chi connectivity index (χ3n) is 3.57. The molecule has 0 spiro atoms. The molecule has 2 rings (SSSR count). The summed E-state index contributed by atoms with van der Waals surface area (Å²) in [6.45, 7) is 1.93. The van der Waals surface area contributed by atoms with E-state index in [9.17, 15) is 18.0 Å². The van der Waals surface area contributed by atoms with E-state index in [1.807, 2.05) is 13.0 Å². The van der Waals surface area contributed by atoms with Crippen LogP contribution in [0.3, 0.4) is 0 Å². The fourth-order valence-corrected chi connectivity index (χ4v) is 2.36. The Morgan fingerprint density at radius 3 is 2.50 bits per heavy atom. The van der Waals surface area contributed by atoms with Crippen molar-refractivity contribution in [2.75, 3.05) is 7.11 Å². The molecule has 1 N–H and O–H groups in total. The Balaban J connectivity index is 1.95. The van der Waals surface area contributed by atoms with Crippen molar-refractivity contribution < 1.29 is 22.7 Å². The van der Waals surface area contributed by atoms with Crippen LogP contribution in [0.2, 0.25) is 0 Å². The topological polar surface area (TPSA) is 38.3 Å². The fraction of sp³-hybridized carbons (Fsp3) is 0.278. The number of hydrogen-bond donors (Lipinski definition) is 1. The van der Waals surface area contributed by atoms with Crippen molar-refractivity contribution in [3.8, 4) is 5.75 Å². The number of hydrogen-bond acceptors (Lipinski definition) is 2. The van der Waals surface area contributed by atoms with Crippen molar-refractivity contribution in [2.45, 2.75) is 26.1 Å². The summed E-state index contributed by atoms with van der Waals surface area (Å²) in [7, 11) is 1.57. The number of rotatable bonds is 5. The van der Waals surface area contributed by atoms with Crippen molar-refractivity contribution in [2.24, 2.45) is 0 Å². The van der Waals surface area contributed by atoms with Crippen LogP contribution in [-0.4, -0.2) is 13.0 Å². The van der Waals surface area contributed by atoms with Gasteiger partial charge < -0.3 is 10.1 Å². The first-order valence-electron chi connectivity index (χ1n) is 7.36. The molecule has 0 bridgehead atoms. The number of carbonyl (C=O) groups is 1. The maximum absolute atomic E-state index is 12.7. The highest BCUT2D eigenvalue weighted by atomic mass is 19.4. The summed E-state index contributed by atoms with van der Waals surface area (Å²) in [5.41, 5.74) is 1.42. The van der Waals surface area contributed by atoms with Crippen LogP contribution < -0.4 is 10.1 Å². The molecule has 2 aromatic carbocycles. The van der Waals surface area contributed by atoms with Gasteiger partial charge in [-0.3, -0.25) is 4.79 Å². The molecule has 2 aromatic rings. The van der Waals surface area contributed by atoms with E-state index < -0.39 is 11.7 Å². The molecule has 128 valence electrons. The molecule has 1 amide bonds. The van der Waals surface area contributed by atoms with Gasteiger partial charge in [0.25, 0.3) is 0 Å². The summed E-state index contributed by atoms with van der Waals surface area (Å²) >= 11 is 0. The lowest BCUT2D eigenvalue weighted by Crippen LogP contribution is -2.24. The highest BCUT2D eigenvalue weighted by Crippen LogP contribution is 2.29. The average Bonchev–Trinajstić information content (AvgIpc) is 2.53. The number of carbonyl (C=O) groups excluding carboxylic acids is 1. The molecule has 3 nitrogen and oxygen atoms in total. The lowest BCUT2D eigenvalue weighted by Gasteiger charge is -2.10. The Hall–Kier alpha value is -2.50. The molecule has 0 aliphatic rings. The lowest BCUT2D eigenvalue weighted by atomic mass is 10.1. The minimum atomic E-state index is -4.39. The van der Waals surface area contributed by atoms with Gasteiger partial charge in [0.05, 0.1) is 19.1 Å². The van der Waals surface area contributed by atoms with Crippen LogP contribution in [0.5, 0.6) is 5.75 Å². The second-order valence-corrected chi connectivity index (χ2v) is 5.46. The van der Waals surface area contributed by atoms with E-state index in [0.717, 1.165) is 29.0 Å². The summed E-state index contributed by atoms with van der Waals surface area (Å²) in [6, 6.07) is 10.3. The molecule has 0 aromatic heterocycles. The zero-order valence-corrected chi connectivity index (χ0v) is 13.4. The summed E-state index contributed by atoms with van der Waals surface area (Å²) in [5, 5.41) is 2.64. The van der Waals surface area contributed by atoms with Gasteiger partial charge in [-0.05, 0) is 41.8 Å². The summed E-state index contributed by atoms with van der Waals surface area (Å²) in [6.07, 6.45) is -4.23. The molecule has 24 heavy (non-hydrogen) atoms. The fourth-order valence-electron chi connectivity index (χ4n) is 2.36. The second kappa shape index (κ2) is 7.38. The molecule has 0 aliphatic carbocycles. The smallest absolute Gasteiger partial charge is 0.416 e. The molecule has 0 unspecified atom stereocenters. The number of methoxy groups -OCH3 is 1.